The molecule has 0 saturated heterocycles. The van der Waals surface area contributed by atoms with Gasteiger partial charge in [-0.25, -0.2) is 4.98 Å². The molecule has 0 amide bonds. The predicted octanol–water partition coefficient (Wildman–Crippen LogP) is 7.27. The van der Waals surface area contributed by atoms with Crippen molar-refractivity contribution in [3.8, 4) is 17.3 Å². The van der Waals surface area contributed by atoms with Gasteiger partial charge in [-0.15, -0.1) is 0 Å². The van der Waals surface area contributed by atoms with Gasteiger partial charge in [0.1, 0.15) is 0 Å². The Kier molecular flexibility index (Phi) is 3.78. The van der Waals surface area contributed by atoms with Crippen LogP contribution in [0.2, 0.25) is 0 Å². The first-order chi connectivity index (χ1) is 16.4. The number of nitrogens with zero attached hydrogens (tertiary/aromatic N) is 3. The molecule has 4 heterocycles. The number of benzene rings is 3. The van der Waals surface area contributed by atoms with Crippen LogP contribution >= 0.6 is 0 Å². The maximum atomic E-state index is 6.37. The minimum atomic E-state index is 0.509. The predicted molar refractivity (Wildman–Crippen MR) is 130 cm³/mol. The first-order valence-electron chi connectivity index (χ1n) is 10.7. The lowest BCUT2D eigenvalue weighted by molar-refractivity contribution is 0.461. The summed E-state index contributed by atoms with van der Waals surface area (Å²) >= 11 is 0. The summed E-state index contributed by atoms with van der Waals surface area (Å²) in [7, 11) is 0. The van der Waals surface area contributed by atoms with Gasteiger partial charge in [0.15, 0.2) is 16.9 Å². The van der Waals surface area contributed by atoms with E-state index >= 15 is 0 Å². The van der Waals surface area contributed by atoms with Gasteiger partial charge in [0.25, 0.3) is 0 Å². The average molecular weight is 427 g/mol. The number of aromatic nitrogens is 3. The van der Waals surface area contributed by atoms with Crippen LogP contribution in [0, 0.1) is 0 Å². The summed E-state index contributed by atoms with van der Waals surface area (Å²) in [5, 5.41) is 4.36. The number of fused-ring (bicyclic) bond motifs is 6. The molecule has 0 saturated carbocycles. The summed E-state index contributed by atoms with van der Waals surface area (Å²) in [6.45, 7) is 0. The van der Waals surface area contributed by atoms with Gasteiger partial charge in [-0.2, -0.15) is 0 Å². The molecule has 0 spiro atoms. The second-order valence-corrected chi connectivity index (χ2v) is 7.93. The SMILES string of the molecule is c1ccc(-n2c3ccccc3c3ccccc32)c(Oc2cc3c(cn2)oc2cnccc23)c1. The van der Waals surface area contributed by atoms with E-state index in [2.05, 4.69) is 69.1 Å². The normalized spacial score (nSPS) is 11.6. The fourth-order valence-electron chi connectivity index (χ4n) is 4.60. The molecule has 5 nitrogen and oxygen atoms in total. The van der Waals surface area contributed by atoms with Crippen molar-refractivity contribution in [1.29, 1.82) is 0 Å². The second-order valence-electron chi connectivity index (χ2n) is 7.93. The van der Waals surface area contributed by atoms with Gasteiger partial charge in [-0.3, -0.25) is 4.98 Å². The molecule has 0 atom stereocenters. The standard InChI is InChI=1S/C28H17N3O2/c1-3-9-22-18(7-1)19-8-2-4-10-23(19)31(22)24-11-5-6-12-25(24)33-28-15-21-20-13-14-29-16-26(20)32-27(21)17-30-28/h1-17H. The summed E-state index contributed by atoms with van der Waals surface area (Å²) in [6, 6.07) is 28.8. The molecule has 0 N–H and O–H groups in total. The minimum Gasteiger partial charge on any atom is -0.453 e. The van der Waals surface area contributed by atoms with Crippen LogP contribution in [0.1, 0.15) is 0 Å². The molecule has 0 radical (unpaired) electrons. The molecule has 7 rings (SSSR count). The van der Waals surface area contributed by atoms with Gasteiger partial charge in [0.2, 0.25) is 5.88 Å². The highest BCUT2D eigenvalue weighted by molar-refractivity contribution is 6.09. The number of pyridine rings is 2. The number of hydrogen-bond donors (Lipinski definition) is 0. The highest BCUT2D eigenvalue weighted by Crippen LogP contribution is 2.37. The topological polar surface area (TPSA) is 53.1 Å². The molecule has 5 heteroatoms. The van der Waals surface area contributed by atoms with Crippen LogP contribution < -0.4 is 4.74 Å². The monoisotopic (exact) mass is 427 g/mol. The molecule has 0 aliphatic carbocycles. The maximum absolute atomic E-state index is 6.37. The zero-order chi connectivity index (χ0) is 21.8. The summed E-state index contributed by atoms with van der Waals surface area (Å²) in [6.07, 6.45) is 5.18. The summed E-state index contributed by atoms with van der Waals surface area (Å²) in [5.74, 6) is 1.24. The van der Waals surface area contributed by atoms with Crippen LogP contribution in [0.3, 0.4) is 0 Å². The number of rotatable bonds is 3. The second kappa shape index (κ2) is 6.93. The summed E-state index contributed by atoms with van der Waals surface area (Å²) in [5.41, 5.74) is 4.66. The van der Waals surface area contributed by atoms with E-state index in [1.165, 1.54) is 10.8 Å². The van der Waals surface area contributed by atoms with Crippen LogP contribution in [0.15, 0.2) is 108 Å². The molecule has 156 valence electrons. The lowest BCUT2D eigenvalue weighted by atomic mass is 10.2. The van der Waals surface area contributed by atoms with Crippen LogP contribution in [0.5, 0.6) is 11.6 Å². The summed E-state index contributed by atoms with van der Waals surface area (Å²) < 4.78 is 14.5. The van der Waals surface area contributed by atoms with Crippen molar-refractivity contribution in [2.45, 2.75) is 0 Å². The highest BCUT2D eigenvalue weighted by atomic mass is 16.5. The molecule has 0 fully saturated rings. The Morgan fingerprint density at radius 2 is 1.36 bits per heavy atom. The van der Waals surface area contributed by atoms with Crippen molar-refractivity contribution < 1.29 is 9.15 Å². The maximum Gasteiger partial charge on any atom is 0.220 e. The third-order valence-electron chi connectivity index (χ3n) is 6.04. The molecule has 33 heavy (non-hydrogen) atoms. The van der Waals surface area contributed by atoms with Gasteiger partial charge < -0.3 is 13.7 Å². The zero-order valence-electron chi connectivity index (χ0n) is 17.5. The van der Waals surface area contributed by atoms with Crippen LogP contribution in [-0.2, 0) is 0 Å². The lowest BCUT2D eigenvalue weighted by Gasteiger charge is -2.13. The van der Waals surface area contributed by atoms with Crippen LogP contribution in [-0.4, -0.2) is 14.5 Å². The van der Waals surface area contributed by atoms with E-state index in [0.717, 1.165) is 38.8 Å². The van der Waals surface area contributed by atoms with Gasteiger partial charge in [0.05, 0.1) is 29.1 Å². The Hall–Kier alpha value is -4.64. The third-order valence-corrected chi connectivity index (χ3v) is 6.04. The molecule has 4 aromatic heterocycles. The van der Waals surface area contributed by atoms with Crippen molar-refractivity contribution in [3.05, 3.63) is 104 Å². The molecular formula is C28H17N3O2. The van der Waals surface area contributed by atoms with E-state index in [4.69, 9.17) is 9.15 Å². The number of hydrogen-bond acceptors (Lipinski definition) is 4. The molecule has 0 aliphatic rings. The summed E-state index contributed by atoms with van der Waals surface area (Å²) in [4.78, 5) is 8.64. The fourth-order valence-corrected chi connectivity index (χ4v) is 4.60. The molecule has 7 aromatic rings. The zero-order valence-corrected chi connectivity index (χ0v) is 17.5. The first kappa shape index (κ1) is 18.0. The molecule has 3 aromatic carbocycles. The Labute approximate surface area is 188 Å². The van der Waals surface area contributed by atoms with Crippen molar-refractivity contribution in [1.82, 2.24) is 14.5 Å². The molecule has 0 unspecified atom stereocenters. The van der Waals surface area contributed by atoms with Crippen molar-refractivity contribution in [2.24, 2.45) is 0 Å². The van der Waals surface area contributed by atoms with Gasteiger partial charge in [-0.1, -0.05) is 48.5 Å². The van der Waals surface area contributed by atoms with E-state index < -0.39 is 0 Å². The minimum absolute atomic E-state index is 0.509. The number of ether oxygens (including phenoxy) is 1. The fraction of sp³-hybridized carbons (Fsp3) is 0. The van der Waals surface area contributed by atoms with Gasteiger partial charge >= 0.3 is 0 Å². The van der Waals surface area contributed by atoms with E-state index in [9.17, 15) is 0 Å². The molecular weight excluding hydrogens is 410 g/mol. The van der Waals surface area contributed by atoms with Gasteiger partial charge in [-0.05, 0) is 30.3 Å². The number of furan rings is 1. The Morgan fingerprint density at radius 3 is 2.18 bits per heavy atom. The molecule has 0 aliphatic heterocycles. The smallest absolute Gasteiger partial charge is 0.220 e. The van der Waals surface area contributed by atoms with E-state index in [1.54, 1.807) is 18.6 Å². The quantitative estimate of drug-likeness (QED) is 0.298. The van der Waals surface area contributed by atoms with E-state index in [-0.39, 0.29) is 0 Å². The largest absolute Gasteiger partial charge is 0.453 e. The Balaban J connectivity index is 1.41. The lowest BCUT2D eigenvalue weighted by Crippen LogP contribution is -1.98. The molecule has 0 bridgehead atoms. The van der Waals surface area contributed by atoms with Crippen LogP contribution in [0.4, 0.5) is 0 Å². The third kappa shape index (κ3) is 2.72. The van der Waals surface area contributed by atoms with E-state index in [0.29, 0.717) is 11.5 Å². The highest BCUT2D eigenvalue weighted by Gasteiger charge is 2.16. The average Bonchev–Trinajstić information content (AvgIpc) is 3.40. The first-order valence-corrected chi connectivity index (χ1v) is 10.7. The Bertz CT molecular complexity index is 1760. The number of para-hydroxylation sites is 4. The van der Waals surface area contributed by atoms with Crippen molar-refractivity contribution in [2.75, 3.05) is 0 Å². The Morgan fingerprint density at radius 1 is 0.667 bits per heavy atom. The van der Waals surface area contributed by atoms with E-state index in [1.807, 2.05) is 30.3 Å². The van der Waals surface area contributed by atoms with Gasteiger partial charge in [0, 0.05) is 33.8 Å². The van der Waals surface area contributed by atoms with Crippen LogP contribution in [0.25, 0.3) is 49.4 Å². The van der Waals surface area contributed by atoms with Crippen molar-refractivity contribution in [3.63, 3.8) is 0 Å². The van der Waals surface area contributed by atoms with Crippen molar-refractivity contribution >= 4 is 43.7 Å².